The van der Waals surface area contributed by atoms with Gasteiger partial charge in [-0.1, -0.05) is 51.5 Å². The maximum absolute atomic E-state index is 16.2. The number of fused-ring (bicyclic) bond motifs is 7. The van der Waals surface area contributed by atoms with Gasteiger partial charge < -0.3 is 158 Å². The summed E-state index contributed by atoms with van der Waals surface area (Å²) in [5.41, 5.74) is -7.56. The van der Waals surface area contributed by atoms with Crippen LogP contribution in [0.5, 0.6) is 5.75 Å². The molecule has 0 spiro atoms. The molecule has 37 unspecified atom stereocenters. The lowest BCUT2D eigenvalue weighted by molar-refractivity contribution is -0.389. The van der Waals surface area contributed by atoms with Crippen LogP contribution in [-0.2, 0) is 76.0 Å². The van der Waals surface area contributed by atoms with Crippen molar-refractivity contribution >= 4 is 24.0 Å². The first-order valence-corrected chi connectivity index (χ1v) is 37.5. The first-order valence-electron chi connectivity index (χ1n) is 37.5. The summed E-state index contributed by atoms with van der Waals surface area (Å²) in [5.74, 6) is -4.35. The molecule has 11 aliphatic rings. The molecule has 0 aromatic heterocycles. The van der Waals surface area contributed by atoms with Crippen LogP contribution in [0.3, 0.4) is 0 Å². The molecule has 616 valence electrons. The van der Waals surface area contributed by atoms with Crippen LogP contribution in [0, 0.1) is 50.2 Å². The summed E-state index contributed by atoms with van der Waals surface area (Å²) in [5, 5.41) is 201. The summed E-state index contributed by atoms with van der Waals surface area (Å²) in [7, 11) is 1.49. The number of aliphatic hydroxyl groups is 17. The van der Waals surface area contributed by atoms with Crippen LogP contribution in [0.4, 0.5) is 0 Å². The van der Waals surface area contributed by atoms with Gasteiger partial charge in [-0.25, -0.2) is 4.79 Å². The van der Waals surface area contributed by atoms with Crippen molar-refractivity contribution in [2.75, 3.05) is 46.8 Å². The van der Waals surface area contributed by atoms with Gasteiger partial charge in [0.25, 0.3) is 0 Å². The van der Waals surface area contributed by atoms with E-state index < -0.39 is 285 Å². The average Bonchev–Trinajstić information content (AvgIpc) is 1.57. The van der Waals surface area contributed by atoms with Crippen LogP contribution < -0.4 is 4.74 Å². The molecule has 109 heavy (non-hydrogen) atoms. The standard InChI is InChI=1S/C74H110O35/c1-31-53(103-43(81)16-11-33-9-12-34(96-8)13-10-33)50(88)57(107-63-52(90)56(106-65-58(91)74(95,29-78)30-98-65)54(32(2)99-63)104-60-51(89)55(38(80)27-97-60)105-61-48(86)46(84)44(82)39(25-75)101-61)64(100-31)109-67(94)72-20-19-68(3,4)23-36(72)35-14-15-41-69(5)24-37(79)59(108-62-49(87)47(85)45(83)40(26-76)102-62)71(7,66(92)93)42(69)17-18-70(41,6)73(35,28-77)22-21-72/h9-14,16,31-32,36-42,44-65,75-80,82-91,95H,15,17-30H2,1-8H3,(H,92,93). The molecule has 5 aliphatic carbocycles. The molecule has 37 atom stereocenters. The lowest BCUT2D eigenvalue weighted by Gasteiger charge is -2.71. The molecular formula is C74H110O35. The highest BCUT2D eigenvalue weighted by Gasteiger charge is 2.74. The van der Waals surface area contributed by atoms with Gasteiger partial charge >= 0.3 is 17.9 Å². The van der Waals surface area contributed by atoms with Crippen LogP contribution in [0.25, 0.3) is 6.08 Å². The van der Waals surface area contributed by atoms with Gasteiger partial charge in [0.1, 0.15) is 115 Å². The van der Waals surface area contributed by atoms with E-state index in [4.69, 9.17) is 66.3 Å². The van der Waals surface area contributed by atoms with E-state index in [1.54, 1.807) is 24.3 Å². The Kier molecular flexibility index (Phi) is 24.8. The number of carboxylic acid groups (broad SMARTS) is 1. The number of esters is 2. The maximum Gasteiger partial charge on any atom is 0.331 e. The number of carbonyl (C=O) groups excluding carboxylic acids is 2. The molecule has 0 bridgehead atoms. The average molecular weight is 1560 g/mol. The fourth-order valence-corrected chi connectivity index (χ4v) is 20.3. The zero-order chi connectivity index (χ0) is 79.3. The lowest BCUT2D eigenvalue weighted by atomic mass is 9.33. The first-order chi connectivity index (χ1) is 51.4. The van der Waals surface area contributed by atoms with Crippen molar-refractivity contribution in [3.05, 3.63) is 47.6 Å². The smallest absolute Gasteiger partial charge is 0.331 e. The van der Waals surface area contributed by atoms with Crippen LogP contribution in [0.2, 0.25) is 0 Å². The molecule has 12 rings (SSSR count). The van der Waals surface area contributed by atoms with Gasteiger partial charge in [0, 0.05) is 11.5 Å². The van der Waals surface area contributed by atoms with E-state index in [-0.39, 0.29) is 32.1 Å². The molecular weight excluding hydrogens is 1450 g/mol. The molecule has 1 aromatic carbocycles. The summed E-state index contributed by atoms with van der Waals surface area (Å²) < 4.78 is 84.4. The number of aliphatic hydroxyl groups excluding tert-OH is 16. The Morgan fingerprint density at radius 1 is 0.560 bits per heavy atom. The summed E-state index contributed by atoms with van der Waals surface area (Å²) >= 11 is 0. The minimum Gasteiger partial charge on any atom is -0.497 e. The molecule has 6 heterocycles. The molecule has 0 radical (unpaired) electrons. The van der Waals surface area contributed by atoms with Crippen LogP contribution in [-0.4, -0.2) is 334 Å². The summed E-state index contributed by atoms with van der Waals surface area (Å²) in [4.78, 5) is 44.0. The molecule has 6 saturated heterocycles. The second-order valence-electron chi connectivity index (χ2n) is 33.5. The van der Waals surface area contributed by atoms with Gasteiger partial charge in [0.15, 0.2) is 43.7 Å². The van der Waals surface area contributed by atoms with E-state index in [2.05, 4.69) is 20.8 Å². The third kappa shape index (κ3) is 14.8. The highest BCUT2D eigenvalue weighted by atomic mass is 16.8. The number of hydrogen-bond donors (Lipinski definition) is 18. The van der Waals surface area contributed by atoms with Gasteiger partial charge in [-0.05, 0) is 136 Å². The minimum atomic E-state index is -2.31. The zero-order valence-corrected chi connectivity index (χ0v) is 62.0. The van der Waals surface area contributed by atoms with E-state index in [1.807, 2.05) is 13.0 Å². The van der Waals surface area contributed by atoms with Crippen molar-refractivity contribution in [2.45, 2.75) is 284 Å². The van der Waals surface area contributed by atoms with Gasteiger partial charge in [-0.2, -0.15) is 0 Å². The highest BCUT2D eigenvalue weighted by molar-refractivity contribution is 5.87. The van der Waals surface area contributed by atoms with Crippen molar-refractivity contribution in [3.63, 3.8) is 0 Å². The number of ether oxygens (including phenoxy) is 14. The second-order valence-corrected chi connectivity index (χ2v) is 33.5. The summed E-state index contributed by atoms with van der Waals surface area (Å²) in [6, 6.07) is 6.67. The maximum atomic E-state index is 16.2. The number of allylic oxidation sites excluding steroid dienone is 1. The Hall–Kier alpha value is -4.21. The van der Waals surface area contributed by atoms with E-state index in [0.717, 1.165) is 11.6 Å². The highest BCUT2D eigenvalue weighted by Crippen LogP contribution is 2.76. The van der Waals surface area contributed by atoms with Crippen LogP contribution in [0.15, 0.2) is 42.0 Å². The molecule has 0 amide bonds. The number of carbonyl (C=O) groups is 3. The van der Waals surface area contributed by atoms with Crippen molar-refractivity contribution in [3.8, 4) is 5.75 Å². The van der Waals surface area contributed by atoms with Crippen molar-refractivity contribution in [2.24, 2.45) is 50.2 Å². The van der Waals surface area contributed by atoms with Gasteiger partial charge in [-0.3, -0.25) is 9.59 Å². The summed E-state index contributed by atoms with van der Waals surface area (Å²) in [6.07, 6.45) is -43.2. The Balaban J connectivity index is 0.847. The van der Waals surface area contributed by atoms with E-state index in [1.165, 1.54) is 34.0 Å². The number of benzene rings is 1. The topological polar surface area (TPSA) is 545 Å². The Bertz CT molecular complexity index is 3400. The van der Waals surface area contributed by atoms with Crippen molar-refractivity contribution in [1.82, 2.24) is 0 Å². The quantitative estimate of drug-likeness (QED) is 0.0243. The fourth-order valence-electron chi connectivity index (χ4n) is 20.3. The van der Waals surface area contributed by atoms with E-state index >= 15 is 4.79 Å². The third-order valence-electron chi connectivity index (χ3n) is 26.7. The van der Waals surface area contributed by atoms with Crippen LogP contribution in [0.1, 0.15) is 112 Å². The number of methoxy groups -OCH3 is 1. The van der Waals surface area contributed by atoms with Crippen molar-refractivity contribution in [1.29, 1.82) is 0 Å². The molecule has 35 heteroatoms. The Morgan fingerprint density at radius 2 is 1.14 bits per heavy atom. The summed E-state index contributed by atoms with van der Waals surface area (Å²) in [6.45, 7) is 8.04. The number of rotatable bonds is 21. The largest absolute Gasteiger partial charge is 0.497 e. The fraction of sp³-hybridized carbons (Fsp3) is 0.824. The second kappa shape index (κ2) is 32.1. The lowest BCUT2D eigenvalue weighted by Crippen LogP contribution is -2.71. The molecule has 35 nitrogen and oxygen atoms in total. The van der Waals surface area contributed by atoms with Crippen LogP contribution >= 0.6 is 0 Å². The van der Waals surface area contributed by atoms with Gasteiger partial charge in [0.2, 0.25) is 6.29 Å². The molecule has 10 fully saturated rings. The predicted octanol–water partition coefficient (Wildman–Crippen LogP) is -3.77. The molecule has 18 N–H and O–H groups in total. The van der Waals surface area contributed by atoms with Gasteiger partial charge in [0.05, 0.1) is 75.9 Å². The van der Waals surface area contributed by atoms with E-state index in [9.17, 15) is 102 Å². The number of carboxylic acids is 1. The minimum absolute atomic E-state index is 0.0203. The van der Waals surface area contributed by atoms with Gasteiger partial charge in [-0.15, -0.1) is 0 Å². The van der Waals surface area contributed by atoms with E-state index in [0.29, 0.717) is 37.0 Å². The Morgan fingerprint density at radius 3 is 1.74 bits per heavy atom. The SMILES string of the molecule is COc1ccc(C=CC(=O)OC2C(C)OC(OC(=O)C34CCC(C)(C)CC3C3=CCC5C6(C)CC(O)C(OC7OC(CO)C(O)C(O)C7O)C(C)(C(=O)O)C6CCC5(C)C3(CO)CC4)C(OC3OC(C)C(OC4OCC(O)C(OC5OC(CO)C(O)C(O)C5O)C4O)C(OC4OCC(O)(CO)C4O)C3O)C2O)cc1. The zero-order valence-electron chi connectivity index (χ0n) is 62.0. The number of hydrogen-bond acceptors (Lipinski definition) is 34. The third-order valence-corrected chi connectivity index (χ3v) is 26.7. The molecule has 6 aliphatic heterocycles. The monoisotopic (exact) mass is 1560 g/mol. The molecule has 4 saturated carbocycles. The normalized spacial score (nSPS) is 49.8. The molecule has 1 aromatic rings. The predicted molar refractivity (Wildman–Crippen MR) is 364 cm³/mol. The van der Waals surface area contributed by atoms with Crippen molar-refractivity contribution < 1.29 is 173 Å². The Labute approximate surface area is 628 Å². The number of aliphatic carboxylic acids is 1. The first kappa shape index (κ1) is 84.2.